The van der Waals surface area contributed by atoms with Gasteiger partial charge in [-0.2, -0.15) is 5.10 Å². The number of aryl methyl sites for hydroxylation is 2. The van der Waals surface area contributed by atoms with Gasteiger partial charge in [0.25, 0.3) is 0 Å². The molecule has 4 nitrogen and oxygen atoms in total. The first kappa shape index (κ1) is 12.4. The third-order valence-electron chi connectivity index (χ3n) is 2.20. The van der Waals surface area contributed by atoms with Crippen molar-refractivity contribution in [2.45, 2.75) is 24.6 Å². The number of nitrogens with zero attached hydrogens (tertiary/aromatic N) is 3. The minimum absolute atomic E-state index is 0.918. The third-order valence-corrected chi connectivity index (χ3v) is 4.47. The van der Waals surface area contributed by atoms with Crippen LogP contribution in [-0.4, -0.2) is 21.3 Å². The van der Waals surface area contributed by atoms with Gasteiger partial charge in [-0.05, 0) is 19.9 Å². The molecule has 92 valence electrons. The molecule has 0 aliphatic carbocycles. The van der Waals surface area contributed by atoms with Crippen molar-refractivity contribution in [2.24, 2.45) is 7.05 Å². The lowest BCUT2D eigenvalue weighted by molar-refractivity contribution is 0.692. The summed E-state index contributed by atoms with van der Waals surface area (Å²) in [5, 5.41) is 9.75. The SMILES string of the molecule is CCNc1ncc(CSc2cc(C)nn2C)s1. The van der Waals surface area contributed by atoms with E-state index in [1.807, 2.05) is 24.9 Å². The predicted octanol–water partition coefficient (Wildman–Crippen LogP) is 2.91. The van der Waals surface area contributed by atoms with Crippen LogP contribution in [0.2, 0.25) is 0 Å². The standard InChI is InChI=1S/C11H16N4S2/c1-4-12-11-13-6-9(17-11)7-16-10-5-8(2)14-15(10)3/h5-6H,4,7H2,1-3H3,(H,12,13). The van der Waals surface area contributed by atoms with E-state index in [1.165, 1.54) is 9.90 Å². The normalized spacial score (nSPS) is 10.8. The summed E-state index contributed by atoms with van der Waals surface area (Å²) < 4.78 is 1.92. The quantitative estimate of drug-likeness (QED) is 0.847. The van der Waals surface area contributed by atoms with Gasteiger partial charge in [0.05, 0.1) is 10.7 Å². The molecule has 0 spiro atoms. The Morgan fingerprint density at radius 3 is 3.00 bits per heavy atom. The third kappa shape index (κ3) is 3.23. The van der Waals surface area contributed by atoms with Gasteiger partial charge in [-0.3, -0.25) is 4.68 Å². The highest BCUT2D eigenvalue weighted by Gasteiger charge is 2.05. The molecule has 0 aliphatic rings. The number of thioether (sulfide) groups is 1. The summed E-state index contributed by atoms with van der Waals surface area (Å²) in [5.41, 5.74) is 1.06. The second kappa shape index (κ2) is 5.55. The van der Waals surface area contributed by atoms with Crippen LogP contribution in [0.3, 0.4) is 0 Å². The maximum atomic E-state index is 4.33. The Kier molecular flexibility index (Phi) is 4.06. The predicted molar refractivity (Wildman–Crippen MR) is 73.8 cm³/mol. The fourth-order valence-electron chi connectivity index (χ4n) is 1.47. The first-order chi connectivity index (χ1) is 8.19. The van der Waals surface area contributed by atoms with Crippen molar-refractivity contribution in [2.75, 3.05) is 11.9 Å². The zero-order valence-corrected chi connectivity index (χ0v) is 11.9. The monoisotopic (exact) mass is 268 g/mol. The van der Waals surface area contributed by atoms with Crippen molar-refractivity contribution < 1.29 is 0 Å². The molecular formula is C11H16N4S2. The molecule has 0 radical (unpaired) electrons. The molecule has 2 aromatic rings. The smallest absolute Gasteiger partial charge is 0.182 e. The van der Waals surface area contributed by atoms with Gasteiger partial charge >= 0.3 is 0 Å². The number of hydrogen-bond acceptors (Lipinski definition) is 5. The van der Waals surface area contributed by atoms with E-state index in [9.17, 15) is 0 Å². The molecule has 0 fully saturated rings. The number of anilines is 1. The van der Waals surface area contributed by atoms with Crippen molar-refractivity contribution in [1.82, 2.24) is 14.8 Å². The highest BCUT2D eigenvalue weighted by molar-refractivity contribution is 7.98. The van der Waals surface area contributed by atoms with Gasteiger partial charge in [0, 0.05) is 30.4 Å². The van der Waals surface area contributed by atoms with Crippen LogP contribution in [0.4, 0.5) is 5.13 Å². The molecule has 6 heteroatoms. The first-order valence-electron chi connectivity index (χ1n) is 5.51. The lowest BCUT2D eigenvalue weighted by atomic mass is 10.5. The Balaban J connectivity index is 1.95. The minimum atomic E-state index is 0.918. The summed E-state index contributed by atoms with van der Waals surface area (Å²) in [4.78, 5) is 5.60. The zero-order valence-electron chi connectivity index (χ0n) is 10.2. The molecular weight excluding hydrogens is 252 g/mol. The zero-order chi connectivity index (χ0) is 12.3. The molecule has 2 aromatic heterocycles. The number of hydrogen-bond donors (Lipinski definition) is 1. The maximum absolute atomic E-state index is 4.33. The van der Waals surface area contributed by atoms with Crippen LogP contribution in [0.25, 0.3) is 0 Å². The van der Waals surface area contributed by atoms with E-state index in [2.05, 4.69) is 28.4 Å². The summed E-state index contributed by atoms with van der Waals surface area (Å²) in [6.45, 7) is 5.01. The van der Waals surface area contributed by atoms with E-state index in [1.54, 1.807) is 23.1 Å². The van der Waals surface area contributed by atoms with Crippen molar-refractivity contribution in [3.8, 4) is 0 Å². The van der Waals surface area contributed by atoms with Crippen LogP contribution in [-0.2, 0) is 12.8 Å². The second-order valence-corrected chi connectivity index (χ2v) is 5.81. The Morgan fingerprint density at radius 1 is 1.53 bits per heavy atom. The van der Waals surface area contributed by atoms with Crippen LogP contribution < -0.4 is 5.32 Å². The van der Waals surface area contributed by atoms with Crippen LogP contribution in [0.1, 0.15) is 17.5 Å². The topological polar surface area (TPSA) is 42.7 Å². The molecule has 0 amide bonds. The van der Waals surface area contributed by atoms with Crippen molar-refractivity contribution in [1.29, 1.82) is 0 Å². The van der Waals surface area contributed by atoms with Crippen LogP contribution in [0.5, 0.6) is 0 Å². The molecule has 0 bridgehead atoms. The average Bonchev–Trinajstić information content (AvgIpc) is 2.83. The molecule has 0 aliphatic heterocycles. The van der Waals surface area contributed by atoms with Crippen LogP contribution in [0, 0.1) is 6.92 Å². The Bertz CT molecular complexity index is 489. The fourth-order valence-corrected chi connectivity index (χ4v) is 3.41. The molecule has 0 atom stereocenters. The van der Waals surface area contributed by atoms with E-state index in [0.29, 0.717) is 0 Å². The fraction of sp³-hybridized carbons (Fsp3) is 0.455. The summed E-state index contributed by atoms with van der Waals surface area (Å²) in [5.74, 6) is 0.946. The van der Waals surface area contributed by atoms with Gasteiger partial charge in [-0.1, -0.05) is 0 Å². The van der Waals surface area contributed by atoms with Crippen LogP contribution in [0.15, 0.2) is 17.3 Å². The second-order valence-electron chi connectivity index (χ2n) is 3.70. The summed E-state index contributed by atoms with van der Waals surface area (Å²) in [7, 11) is 1.98. The number of thiazole rings is 1. The molecule has 2 heterocycles. The van der Waals surface area contributed by atoms with Crippen LogP contribution >= 0.6 is 23.1 Å². The number of nitrogens with one attached hydrogen (secondary N) is 1. The first-order valence-corrected chi connectivity index (χ1v) is 7.31. The molecule has 17 heavy (non-hydrogen) atoms. The molecule has 0 aromatic carbocycles. The van der Waals surface area contributed by atoms with Gasteiger partial charge in [-0.15, -0.1) is 23.1 Å². The van der Waals surface area contributed by atoms with E-state index in [0.717, 1.165) is 23.1 Å². The van der Waals surface area contributed by atoms with E-state index in [-0.39, 0.29) is 0 Å². The molecule has 2 rings (SSSR count). The Morgan fingerprint density at radius 2 is 2.35 bits per heavy atom. The molecule has 1 N–H and O–H groups in total. The number of aromatic nitrogens is 3. The average molecular weight is 268 g/mol. The molecule has 0 saturated heterocycles. The van der Waals surface area contributed by atoms with E-state index in [4.69, 9.17) is 0 Å². The van der Waals surface area contributed by atoms with E-state index < -0.39 is 0 Å². The van der Waals surface area contributed by atoms with Crippen molar-refractivity contribution >= 4 is 28.2 Å². The van der Waals surface area contributed by atoms with Gasteiger partial charge in [0.15, 0.2) is 5.13 Å². The summed E-state index contributed by atoms with van der Waals surface area (Å²) >= 11 is 3.51. The molecule has 0 saturated carbocycles. The van der Waals surface area contributed by atoms with Gasteiger partial charge in [0.2, 0.25) is 0 Å². The van der Waals surface area contributed by atoms with Crippen molar-refractivity contribution in [3.63, 3.8) is 0 Å². The number of rotatable bonds is 5. The highest BCUT2D eigenvalue weighted by Crippen LogP contribution is 2.27. The lowest BCUT2D eigenvalue weighted by Gasteiger charge is -1.99. The lowest BCUT2D eigenvalue weighted by Crippen LogP contribution is -1.94. The van der Waals surface area contributed by atoms with Gasteiger partial charge < -0.3 is 5.32 Å². The summed E-state index contributed by atoms with van der Waals surface area (Å²) in [6, 6.07) is 2.11. The summed E-state index contributed by atoms with van der Waals surface area (Å²) in [6.07, 6.45) is 1.94. The maximum Gasteiger partial charge on any atom is 0.182 e. The van der Waals surface area contributed by atoms with E-state index >= 15 is 0 Å². The Hall–Kier alpha value is -1.01. The highest BCUT2D eigenvalue weighted by atomic mass is 32.2. The van der Waals surface area contributed by atoms with Crippen molar-refractivity contribution in [3.05, 3.63) is 22.8 Å². The Labute approximate surface area is 109 Å². The largest absolute Gasteiger partial charge is 0.362 e. The van der Waals surface area contributed by atoms with Gasteiger partial charge in [-0.25, -0.2) is 4.98 Å². The van der Waals surface area contributed by atoms with Gasteiger partial charge in [0.1, 0.15) is 0 Å². The minimum Gasteiger partial charge on any atom is -0.362 e. The molecule has 0 unspecified atom stereocenters.